The molecule has 1 heteroatoms. The maximum atomic E-state index is 4.34. The van der Waals surface area contributed by atoms with Crippen molar-refractivity contribution in [1.29, 1.82) is 0 Å². The number of hydrogen-bond acceptors (Lipinski definition) is 1. The minimum atomic E-state index is 1.02. The van der Waals surface area contributed by atoms with Crippen LogP contribution in [0.15, 0.2) is 30.3 Å². The molecule has 1 radical (unpaired) electrons. The summed E-state index contributed by atoms with van der Waals surface area (Å²) >= 11 is 0. The lowest BCUT2D eigenvalue weighted by Crippen LogP contribution is -1.80. The Balaban J connectivity index is 2.83. The van der Waals surface area contributed by atoms with Crippen molar-refractivity contribution in [2.75, 3.05) is 0 Å². The van der Waals surface area contributed by atoms with Crippen LogP contribution in [0, 0.1) is 13.0 Å². The van der Waals surface area contributed by atoms with Crippen LogP contribution < -0.4 is 0 Å². The summed E-state index contributed by atoms with van der Waals surface area (Å²) in [6, 6.07) is 12.9. The molecule has 0 unspecified atom stereocenters. The Hall–Kier alpha value is -1.37. The summed E-state index contributed by atoms with van der Waals surface area (Å²) in [6.45, 7) is 1.99. The van der Waals surface area contributed by atoms with Gasteiger partial charge in [0, 0.05) is 11.1 Å². The third-order valence-corrected chi connectivity index (χ3v) is 1.68. The largest absolute Gasteiger partial charge is 0.253 e. The summed E-state index contributed by atoms with van der Waals surface area (Å²) in [4.78, 5) is 4.34. The van der Waals surface area contributed by atoms with Crippen molar-refractivity contribution < 1.29 is 0 Å². The molecule has 0 fully saturated rings. The molecule has 0 bridgehead atoms. The van der Waals surface area contributed by atoms with E-state index in [1.807, 2.05) is 31.2 Å². The van der Waals surface area contributed by atoms with Crippen LogP contribution in [0.1, 0.15) is 5.69 Å². The van der Waals surface area contributed by atoms with Gasteiger partial charge in [-0.05, 0) is 25.1 Å². The third-order valence-electron chi connectivity index (χ3n) is 1.68. The molecule has 1 nitrogen and oxygen atoms in total. The zero-order valence-corrected chi connectivity index (χ0v) is 6.33. The fourth-order valence-corrected chi connectivity index (χ4v) is 1.11. The van der Waals surface area contributed by atoms with Crippen molar-refractivity contribution in [3.63, 3.8) is 0 Å². The molecule has 0 aliphatic heterocycles. The van der Waals surface area contributed by atoms with Gasteiger partial charge >= 0.3 is 0 Å². The fourth-order valence-electron chi connectivity index (χ4n) is 1.11. The second-order valence-electron chi connectivity index (χ2n) is 2.57. The lowest BCUT2D eigenvalue weighted by Gasteiger charge is -1.95. The first kappa shape index (κ1) is 6.35. The van der Waals surface area contributed by atoms with E-state index < -0.39 is 0 Å². The molecular formula is C10H8N. The quantitative estimate of drug-likeness (QED) is 0.550. The molecule has 0 aliphatic rings. The SMILES string of the molecule is Cc1ccc2cc[c]cc2n1. The highest BCUT2D eigenvalue weighted by atomic mass is 14.7. The summed E-state index contributed by atoms with van der Waals surface area (Å²) in [7, 11) is 0. The number of hydrogen-bond donors (Lipinski definition) is 0. The molecule has 53 valence electrons. The molecule has 0 spiro atoms. The van der Waals surface area contributed by atoms with Crippen LogP contribution in [-0.2, 0) is 0 Å². The smallest absolute Gasteiger partial charge is 0.0711 e. The molecular weight excluding hydrogens is 134 g/mol. The first-order chi connectivity index (χ1) is 5.36. The Morgan fingerprint density at radius 1 is 1.27 bits per heavy atom. The van der Waals surface area contributed by atoms with Gasteiger partial charge in [0.1, 0.15) is 0 Å². The Bertz CT molecular complexity index is 379. The molecule has 11 heavy (non-hydrogen) atoms. The number of pyridine rings is 1. The van der Waals surface area contributed by atoms with E-state index in [0.29, 0.717) is 0 Å². The summed E-state index contributed by atoms with van der Waals surface area (Å²) < 4.78 is 0. The fraction of sp³-hybridized carbons (Fsp3) is 0.100. The van der Waals surface area contributed by atoms with E-state index >= 15 is 0 Å². The van der Waals surface area contributed by atoms with Crippen LogP contribution in [0.2, 0.25) is 0 Å². The lowest BCUT2D eigenvalue weighted by atomic mass is 10.2. The molecule has 0 saturated carbocycles. The van der Waals surface area contributed by atoms with Crippen molar-refractivity contribution in [2.45, 2.75) is 6.92 Å². The predicted molar refractivity (Wildman–Crippen MR) is 45.3 cm³/mol. The third kappa shape index (κ3) is 1.09. The Kier molecular flexibility index (Phi) is 1.35. The lowest BCUT2D eigenvalue weighted by molar-refractivity contribution is 1.26. The highest BCUT2D eigenvalue weighted by Crippen LogP contribution is 2.10. The highest BCUT2D eigenvalue weighted by molar-refractivity contribution is 5.78. The van der Waals surface area contributed by atoms with Crippen molar-refractivity contribution in [1.82, 2.24) is 4.98 Å². The van der Waals surface area contributed by atoms with Gasteiger partial charge in [0.2, 0.25) is 0 Å². The molecule has 0 N–H and O–H groups in total. The molecule has 1 aromatic carbocycles. The van der Waals surface area contributed by atoms with Crippen molar-refractivity contribution >= 4 is 10.9 Å². The normalized spacial score (nSPS) is 10.3. The maximum absolute atomic E-state index is 4.34. The first-order valence-electron chi connectivity index (χ1n) is 3.60. The van der Waals surface area contributed by atoms with Crippen LogP contribution in [-0.4, -0.2) is 4.98 Å². The van der Waals surface area contributed by atoms with Gasteiger partial charge in [0.15, 0.2) is 0 Å². The molecule has 1 heterocycles. The summed E-state index contributed by atoms with van der Waals surface area (Å²) in [5.74, 6) is 0. The van der Waals surface area contributed by atoms with Crippen LogP contribution in [0.5, 0.6) is 0 Å². The van der Waals surface area contributed by atoms with Crippen LogP contribution in [0.4, 0.5) is 0 Å². The Morgan fingerprint density at radius 3 is 3.09 bits per heavy atom. The number of benzene rings is 1. The topological polar surface area (TPSA) is 12.9 Å². The van der Waals surface area contributed by atoms with Crippen molar-refractivity contribution in [2.24, 2.45) is 0 Å². The van der Waals surface area contributed by atoms with Crippen molar-refractivity contribution in [3.8, 4) is 0 Å². The van der Waals surface area contributed by atoms with Gasteiger partial charge in [-0.1, -0.05) is 18.2 Å². The van der Waals surface area contributed by atoms with Gasteiger partial charge < -0.3 is 0 Å². The van der Waals surface area contributed by atoms with E-state index in [0.717, 1.165) is 11.2 Å². The summed E-state index contributed by atoms with van der Waals surface area (Å²) in [5.41, 5.74) is 2.07. The number of aromatic nitrogens is 1. The average Bonchev–Trinajstić information content (AvgIpc) is 2.04. The molecule has 2 rings (SSSR count). The Labute approximate surface area is 65.7 Å². The summed E-state index contributed by atoms with van der Waals surface area (Å²) in [6.07, 6.45) is 0. The zero-order valence-electron chi connectivity index (χ0n) is 6.33. The second kappa shape index (κ2) is 2.35. The van der Waals surface area contributed by atoms with E-state index in [2.05, 4.69) is 17.1 Å². The van der Waals surface area contributed by atoms with Gasteiger partial charge in [-0.3, -0.25) is 4.98 Å². The highest BCUT2D eigenvalue weighted by Gasteiger charge is 1.91. The van der Waals surface area contributed by atoms with E-state index in [4.69, 9.17) is 0 Å². The zero-order chi connectivity index (χ0) is 7.68. The Morgan fingerprint density at radius 2 is 2.18 bits per heavy atom. The van der Waals surface area contributed by atoms with Gasteiger partial charge in [0.25, 0.3) is 0 Å². The van der Waals surface area contributed by atoms with Gasteiger partial charge in [-0.15, -0.1) is 0 Å². The maximum Gasteiger partial charge on any atom is 0.0711 e. The molecule has 1 aromatic heterocycles. The van der Waals surface area contributed by atoms with Gasteiger partial charge in [0.05, 0.1) is 5.52 Å². The molecule has 0 saturated heterocycles. The van der Waals surface area contributed by atoms with E-state index in [-0.39, 0.29) is 0 Å². The second-order valence-corrected chi connectivity index (χ2v) is 2.57. The van der Waals surface area contributed by atoms with E-state index in [9.17, 15) is 0 Å². The van der Waals surface area contributed by atoms with Gasteiger partial charge in [-0.2, -0.15) is 0 Å². The summed E-state index contributed by atoms with van der Waals surface area (Å²) in [5, 5.41) is 1.18. The predicted octanol–water partition coefficient (Wildman–Crippen LogP) is 2.34. The van der Waals surface area contributed by atoms with E-state index in [1.165, 1.54) is 5.39 Å². The molecule has 0 aliphatic carbocycles. The molecule has 0 amide bonds. The number of aryl methyl sites for hydroxylation is 1. The molecule has 0 atom stereocenters. The van der Waals surface area contributed by atoms with Gasteiger partial charge in [-0.25, -0.2) is 0 Å². The minimum Gasteiger partial charge on any atom is -0.253 e. The standard InChI is InChI=1S/C10H8N/c1-8-6-7-9-4-2-3-5-10(9)11-8/h2,4-7H,1H3. The van der Waals surface area contributed by atoms with Crippen LogP contribution in [0.3, 0.4) is 0 Å². The van der Waals surface area contributed by atoms with Crippen LogP contribution in [0.25, 0.3) is 10.9 Å². The number of rotatable bonds is 0. The number of fused-ring (bicyclic) bond motifs is 1. The number of nitrogens with zero attached hydrogens (tertiary/aromatic N) is 1. The monoisotopic (exact) mass is 142 g/mol. The van der Waals surface area contributed by atoms with Crippen LogP contribution >= 0.6 is 0 Å². The average molecular weight is 142 g/mol. The first-order valence-corrected chi connectivity index (χ1v) is 3.60. The van der Waals surface area contributed by atoms with E-state index in [1.54, 1.807) is 0 Å². The minimum absolute atomic E-state index is 1.02. The van der Waals surface area contributed by atoms with Crippen molar-refractivity contribution in [3.05, 3.63) is 42.1 Å². The molecule has 2 aromatic rings.